The van der Waals surface area contributed by atoms with Gasteiger partial charge in [-0.05, 0) is 17.7 Å². The third kappa shape index (κ3) is 3.59. The molecule has 0 heterocycles. The van der Waals surface area contributed by atoms with Crippen LogP contribution in [-0.2, 0) is 9.84 Å². The van der Waals surface area contributed by atoms with Gasteiger partial charge >= 0.3 is 0 Å². The van der Waals surface area contributed by atoms with E-state index in [0.717, 1.165) is 6.26 Å². The Bertz CT molecular complexity index is 479. The van der Waals surface area contributed by atoms with Crippen LogP contribution in [0.5, 0.6) is 0 Å². The largest absolute Gasteiger partial charge is 0.387 e. The van der Waals surface area contributed by atoms with E-state index < -0.39 is 26.6 Å². The summed E-state index contributed by atoms with van der Waals surface area (Å²) in [6.45, 7) is 0. The molecule has 1 atom stereocenters. The minimum atomic E-state index is -3.28. The summed E-state index contributed by atoms with van der Waals surface area (Å²) in [5.74, 6) is -0.398. The Hall–Kier alpha value is -1.47. The summed E-state index contributed by atoms with van der Waals surface area (Å²) in [4.78, 5) is 9.80. The molecule has 0 aromatic heterocycles. The van der Waals surface area contributed by atoms with Crippen molar-refractivity contribution in [1.82, 2.24) is 0 Å². The number of sulfone groups is 1. The highest BCUT2D eigenvalue weighted by Crippen LogP contribution is 2.18. The summed E-state index contributed by atoms with van der Waals surface area (Å²) >= 11 is 0. The lowest BCUT2D eigenvalue weighted by atomic mass is 10.1. The van der Waals surface area contributed by atoms with Crippen LogP contribution in [0.1, 0.15) is 11.7 Å². The van der Waals surface area contributed by atoms with Gasteiger partial charge in [0.05, 0.1) is 16.8 Å². The molecule has 0 aliphatic heterocycles. The molecule has 7 heteroatoms. The average molecular weight is 245 g/mol. The SMILES string of the molecule is CS(=O)(=O)C[C@@H](O)c1ccc([N+](=O)[O-])cc1. The van der Waals surface area contributed by atoms with Crippen molar-refractivity contribution < 1.29 is 18.4 Å². The third-order valence-corrected chi connectivity index (χ3v) is 2.87. The van der Waals surface area contributed by atoms with E-state index in [0.29, 0.717) is 5.56 Å². The van der Waals surface area contributed by atoms with Crippen LogP contribution in [0.4, 0.5) is 5.69 Å². The number of rotatable bonds is 4. The van der Waals surface area contributed by atoms with E-state index in [2.05, 4.69) is 0 Å². The van der Waals surface area contributed by atoms with Crippen LogP contribution in [0.2, 0.25) is 0 Å². The van der Waals surface area contributed by atoms with Gasteiger partial charge in [-0.25, -0.2) is 8.42 Å². The van der Waals surface area contributed by atoms with Gasteiger partial charge < -0.3 is 5.11 Å². The van der Waals surface area contributed by atoms with Crippen LogP contribution in [0.25, 0.3) is 0 Å². The topological polar surface area (TPSA) is 97.5 Å². The van der Waals surface area contributed by atoms with Gasteiger partial charge in [0.1, 0.15) is 9.84 Å². The van der Waals surface area contributed by atoms with Crippen LogP contribution in [-0.4, -0.2) is 30.5 Å². The fraction of sp³-hybridized carbons (Fsp3) is 0.333. The summed E-state index contributed by atoms with van der Waals surface area (Å²) in [6, 6.07) is 5.13. The minimum absolute atomic E-state index is 0.102. The van der Waals surface area contributed by atoms with Gasteiger partial charge in [-0.15, -0.1) is 0 Å². The molecule has 0 spiro atoms. The van der Waals surface area contributed by atoms with E-state index in [1.54, 1.807) is 0 Å². The van der Waals surface area contributed by atoms with Crippen LogP contribution in [0.15, 0.2) is 24.3 Å². The maximum Gasteiger partial charge on any atom is 0.269 e. The number of non-ortho nitro benzene ring substituents is 1. The molecule has 0 saturated carbocycles. The van der Waals surface area contributed by atoms with E-state index in [1.165, 1.54) is 24.3 Å². The molecule has 16 heavy (non-hydrogen) atoms. The Balaban J connectivity index is 2.86. The van der Waals surface area contributed by atoms with Gasteiger partial charge in [0.2, 0.25) is 0 Å². The zero-order valence-corrected chi connectivity index (χ0v) is 9.35. The van der Waals surface area contributed by atoms with Gasteiger partial charge in [0.25, 0.3) is 5.69 Å². The molecule has 1 aromatic carbocycles. The molecule has 0 saturated heterocycles. The number of nitrogens with zero attached hydrogens (tertiary/aromatic N) is 1. The predicted molar refractivity (Wildman–Crippen MR) is 57.8 cm³/mol. The van der Waals surface area contributed by atoms with Crippen molar-refractivity contribution in [2.75, 3.05) is 12.0 Å². The van der Waals surface area contributed by atoms with Crippen molar-refractivity contribution in [1.29, 1.82) is 0 Å². The van der Waals surface area contributed by atoms with E-state index >= 15 is 0 Å². The van der Waals surface area contributed by atoms with E-state index in [-0.39, 0.29) is 5.69 Å². The molecule has 0 aliphatic rings. The first-order chi connectivity index (χ1) is 7.29. The van der Waals surface area contributed by atoms with Crippen LogP contribution < -0.4 is 0 Å². The zero-order chi connectivity index (χ0) is 12.3. The summed E-state index contributed by atoms with van der Waals surface area (Å²) in [7, 11) is -3.28. The van der Waals surface area contributed by atoms with Gasteiger partial charge in [-0.2, -0.15) is 0 Å². The lowest BCUT2D eigenvalue weighted by Crippen LogP contribution is -2.12. The van der Waals surface area contributed by atoms with Crippen molar-refractivity contribution in [2.24, 2.45) is 0 Å². The van der Waals surface area contributed by atoms with Crippen LogP contribution in [0, 0.1) is 10.1 Å². The van der Waals surface area contributed by atoms with Crippen LogP contribution in [0.3, 0.4) is 0 Å². The first-order valence-electron chi connectivity index (χ1n) is 4.40. The number of aliphatic hydroxyl groups excluding tert-OH is 1. The summed E-state index contributed by atoms with van der Waals surface area (Å²) in [6.07, 6.45) is -0.141. The van der Waals surface area contributed by atoms with Crippen LogP contribution >= 0.6 is 0 Å². The summed E-state index contributed by atoms with van der Waals surface area (Å²) in [5.41, 5.74) is 0.242. The van der Waals surface area contributed by atoms with Crippen molar-refractivity contribution in [2.45, 2.75) is 6.10 Å². The molecule has 1 N–H and O–H groups in total. The molecule has 0 amide bonds. The highest BCUT2D eigenvalue weighted by atomic mass is 32.2. The Labute approximate surface area is 92.6 Å². The van der Waals surface area contributed by atoms with Crippen molar-refractivity contribution in [3.8, 4) is 0 Å². The molecule has 0 aliphatic carbocycles. The van der Waals surface area contributed by atoms with Gasteiger partial charge in [0.15, 0.2) is 0 Å². The van der Waals surface area contributed by atoms with Gasteiger partial charge in [0, 0.05) is 18.4 Å². The standard InChI is InChI=1S/C9H11NO5S/c1-16(14,15)6-9(11)7-2-4-8(5-3-7)10(12)13/h2-5,9,11H,6H2,1H3/t9-/m1/s1. The molecular weight excluding hydrogens is 234 g/mol. The molecule has 1 aromatic rings. The second-order valence-corrected chi connectivity index (χ2v) is 5.64. The van der Waals surface area contributed by atoms with E-state index in [9.17, 15) is 23.6 Å². The zero-order valence-electron chi connectivity index (χ0n) is 8.53. The first kappa shape index (κ1) is 12.6. The van der Waals surface area contributed by atoms with Crippen molar-refractivity contribution >= 4 is 15.5 Å². The van der Waals surface area contributed by atoms with Crippen molar-refractivity contribution in [3.05, 3.63) is 39.9 Å². The highest BCUT2D eigenvalue weighted by molar-refractivity contribution is 7.90. The Morgan fingerprint density at radius 3 is 2.25 bits per heavy atom. The number of aliphatic hydroxyl groups is 1. The van der Waals surface area contributed by atoms with Gasteiger partial charge in [-0.1, -0.05) is 0 Å². The number of hydrogen-bond donors (Lipinski definition) is 1. The quantitative estimate of drug-likeness (QED) is 0.621. The maximum atomic E-state index is 10.9. The van der Waals surface area contributed by atoms with Gasteiger partial charge in [-0.3, -0.25) is 10.1 Å². The smallest absolute Gasteiger partial charge is 0.269 e. The molecule has 0 unspecified atom stereocenters. The van der Waals surface area contributed by atoms with E-state index in [4.69, 9.17) is 0 Å². The second-order valence-electron chi connectivity index (χ2n) is 3.46. The van der Waals surface area contributed by atoms with Crippen molar-refractivity contribution in [3.63, 3.8) is 0 Å². The monoisotopic (exact) mass is 245 g/mol. The number of nitro benzene ring substituents is 1. The Morgan fingerprint density at radius 1 is 1.38 bits per heavy atom. The third-order valence-electron chi connectivity index (χ3n) is 1.95. The Kier molecular flexibility index (Phi) is 3.61. The number of hydrogen-bond acceptors (Lipinski definition) is 5. The lowest BCUT2D eigenvalue weighted by Gasteiger charge is -2.08. The highest BCUT2D eigenvalue weighted by Gasteiger charge is 2.15. The Morgan fingerprint density at radius 2 is 1.88 bits per heavy atom. The molecule has 1 rings (SSSR count). The fourth-order valence-corrected chi connectivity index (χ4v) is 1.97. The molecular formula is C9H11NO5S. The first-order valence-corrected chi connectivity index (χ1v) is 6.46. The molecule has 0 fully saturated rings. The molecule has 0 radical (unpaired) electrons. The summed E-state index contributed by atoms with van der Waals surface area (Å²) in [5, 5.41) is 19.9. The fourth-order valence-electron chi connectivity index (χ4n) is 1.20. The molecule has 88 valence electrons. The minimum Gasteiger partial charge on any atom is -0.387 e. The number of nitro groups is 1. The van der Waals surface area contributed by atoms with E-state index in [1.807, 2.05) is 0 Å². The average Bonchev–Trinajstić information content (AvgIpc) is 2.15. The normalized spacial score (nSPS) is 13.4. The summed E-state index contributed by atoms with van der Waals surface area (Å²) < 4.78 is 21.8. The number of benzene rings is 1. The predicted octanol–water partition coefficient (Wildman–Crippen LogP) is 0.673. The second kappa shape index (κ2) is 4.58. The maximum absolute atomic E-state index is 10.9. The lowest BCUT2D eigenvalue weighted by molar-refractivity contribution is -0.384. The molecule has 6 nitrogen and oxygen atoms in total. The molecule has 0 bridgehead atoms.